The third-order valence-electron chi connectivity index (χ3n) is 4.17. The number of rotatable bonds is 5. The highest BCUT2D eigenvalue weighted by atomic mass is 19.4. The number of aromatic nitrogens is 2. The second-order valence-corrected chi connectivity index (χ2v) is 6.64. The van der Waals surface area contributed by atoms with E-state index in [1.165, 1.54) is 25.1 Å². The molecule has 1 heterocycles. The van der Waals surface area contributed by atoms with Gasteiger partial charge in [-0.05, 0) is 25.0 Å². The summed E-state index contributed by atoms with van der Waals surface area (Å²) in [6.45, 7) is 4.71. The fourth-order valence-corrected chi connectivity index (χ4v) is 2.68. The van der Waals surface area contributed by atoms with Crippen LogP contribution in [0.5, 0.6) is 0 Å². The first kappa shape index (κ1) is 22.1. The SMILES string of the molecule is COC(=O)C(NC(=O)c1nn(-c2ccccc2C(F)(F)F)c(C)cc1=O)C(C)C. The Morgan fingerprint density at radius 3 is 2.38 bits per heavy atom. The number of aryl methyl sites for hydroxylation is 1. The maximum absolute atomic E-state index is 13.4. The molecule has 1 unspecified atom stereocenters. The molecule has 0 aliphatic heterocycles. The molecule has 10 heteroatoms. The van der Waals surface area contributed by atoms with Crippen LogP contribution in [0.15, 0.2) is 35.1 Å². The summed E-state index contributed by atoms with van der Waals surface area (Å²) in [7, 11) is 1.15. The fourth-order valence-electron chi connectivity index (χ4n) is 2.68. The monoisotopic (exact) mass is 411 g/mol. The molecule has 0 radical (unpaired) electrons. The zero-order valence-electron chi connectivity index (χ0n) is 16.2. The van der Waals surface area contributed by atoms with Gasteiger partial charge in [-0.1, -0.05) is 26.0 Å². The summed E-state index contributed by atoms with van der Waals surface area (Å²) >= 11 is 0. The van der Waals surface area contributed by atoms with Gasteiger partial charge in [0.05, 0.1) is 18.4 Å². The molecule has 1 aromatic carbocycles. The normalized spacial score (nSPS) is 12.6. The Balaban J connectivity index is 2.55. The number of halogens is 3. The van der Waals surface area contributed by atoms with Gasteiger partial charge in [0.25, 0.3) is 5.91 Å². The molecule has 0 aliphatic carbocycles. The standard InChI is InChI=1S/C19H20F3N3O4/c1-10(2)15(18(28)29-4)23-17(27)16-14(26)9-11(3)25(24-16)13-8-6-5-7-12(13)19(20,21)22/h5-10,15H,1-4H3,(H,23,27). The van der Waals surface area contributed by atoms with Crippen LogP contribution in [-0.2, 0) is 15.7 Å². The summed E-state index contributed by atoms with van der Waals surface area (Å²) in [5, 5.41) is 6.21. The summed E-state index contributed by atoms with van der Waals surface area (Å²) in [5.41, 5.74) is -2.62. The van der Waals surface area contributed by atoms with E-state index >= 15 is 0 Å². The molecule has 1 atom stereocenters. The van der Waals surface area contributed by atoms with Gasteiger partial charge in [0.15, 0.2) is 5.69 Å². The summed E-state index contributed by atoms with van der Waals surface area (Å²) in [6.07, 6.45) is -4.66. The van der Waals surface area contributed by atoms with Gasteiger partial charge in [-0.15, -0.1) is 0 Å². The number of hydrogen-bond acceptors (Lipinski definition) is 5. The minimum atomic E-state index is -4.66. The molecule has 2 aromatic rings. The van der Waals surface area contributed by atoms with Gasteiger partial charge in [0.2, 0.25) is 5.43 Å². The lowest BCUT2D eigenvalue weighted by atomic mass is 10.0. The Kier molecular flexibility index (Phi) is 6.45. The van der Waals surface area contributed by atoms with Gasteiger partial charge >= 0.3 is 12.1 Å². The van der Waals surface area contributed by atoms with Crippen molar-refractivity contribution in [1.82, 2.24) is 15.1 Å². The average molecular weight is 411 g/mol. The first-order valence-electron chi connectivity index (χ1n) is 8.63. The molecule has 0 saturated carbocycles. The summed E-state index contributed by atoms with van der Waals surface area (Å²) in [5.74, 6) is -2.06. The topological polar surface area (TPSA) is 90.3 Å². The highest BCUT2D eigenvalue weighted by molar-refractivity contribution is 5.95. The van der Waals surface area contributed by atoms with Crippen molar-refractivity contribution in [2.75, 3.05) is 7.11 Å². The Bertz CT molecular complexity index is 983. The van der Waals surface area contributed by atoms with Gasteiger partial charge in [-0.2, -0.15) is 18.3 Å². The van der Waals surface area contributed by atoms with Crippen molar-refractivity contribution < 1.29 is 27.5 Å². The Morgan fingerprint density at radius 1 is 1.21 bits per heavy atom. The number of esters is 1. The third kappa shape index (κ3) is 4.82. The molecular weight excluding hydrogens is 391 g/mol. The molecular formula is C19H20F3N3O4. The van der Waals surface area contributed by atoms with E-state index < -0.39 is 40.8 Å². The number of alkyl halides is 3. The summed E-state index contributed by atoms with van der Waals surface area (Å²) < 4.78 is 45.6. The van der Waals surface area contributed by atoms with E-state index in [2.05, 4.69) is 15.2 Å². The van der Waals surface area contributed by atoms with E-state index in [1.54, 1.807) is 13.8 Å². The number of hydrogen-bond donors (Lipinski definition) is 1. The molecule has 2 rings (SSSR count). The van der Waals surface area contributed by atoms with Crippen LogP contribution in [0.3, 0.4) is 0 Å². The smallest absolute Gasteiger partial charge is 0.418 e. The van der Waals surface area contributed by atoms with Crippen molar-refractivity contribution in [3.05, 3.63) is 57.5 Å². The summed E-state index contributed by atoms with van der Waals surface area (Å²) in [6, 6.07) is 4.63. The Morgan fingerprint density at radius 2 is 1.83 bits per heavy atom. The van der Waals surface area contributed by atoms with Crippen LogP contribution in [0.25, 0.3) is 5.69 Å². The number of carbonyl (C=O) groups is 2. The van der Waals surface area contributed by atoms with Crippen LogP contribution < -0.4 is 10.7 Å². The van der Waals surface area contributed by atoms with Crippen LogP contribution in [-0.4, -0.2) is 34.8 Å². The van der Waals surface area contributed by atoms with Crippen LogP contribution in [0, 0.1) is 12.8 Å². The van der Waals surface area contributed by atoms with Crippen molar-refractivity contribution in [1.29, 1.82) is 0 Å². The van der Waals surface area contributed by atoms with Crippen molar-refractivity contribution in [2.24, 2.45) is 5.92 Å². The van der Waals surface area contributed by atoms with Crippen LogP contribution in [0.4, 0.5) is 13.2 Å². The first-order chi connectivity index (χ1) is 13.5. The molecule has 0 bridgehead atoms. The van der Waals surface area contributed by atoms with Gasteiger partial charge in [-0.3, -0.25) is 9.59 Å². The zero-order chi connectivity index (χ0) is 21.9. The summed E-state index contributed by atoms with van der Waals surface area (Å²) in [4.78, 5) is 36.7. The molecule has 1 N–H and O–H groups in total. The molecule has 0 aliphatic rings. The number of nitrogens with zero attached hydrogens (tertiary/aromatic N) is 2. The number of para-hydroxylation sites is 1. The lowest BCUT2D eigenvalue weighted by Crippen LogP contribution is -2.46. The number of carbonyl (C=O) groups excluding carboxylic acids is 2. The van der Waals surface area contributed by atoms with Gasteiger partial charge in [0, 0.05) is 11.8 Å². The second kappa shape index (κ2) is 8.46. The predicted octanol–water partition coefficient (Wildman–Crippen LogP) is 2.49. The van der Waals surface area contributed by atoms with Crippen LogP contribution >= 0.6 is 0 Å². The minimum absolute atomic E-state index is 0.108. The lowest BCUT2D eigenvalue weighted by Gasteiger charge is -2.20. The maximum Gasteiger partial charge on any atom is 0.418 e. The first-order valence-corrected chi connectivity index (χ1v) is 8.63. The van der Waals surface area contributed by atoms with Gasteiger partial charge in [0.1, 0.15) is 6.04 Å². The van der Waals surface area contributed by atoms with Crippen molar-refractivity contribution in [3.63, 3.8) is 0 Å². The molecule has 0 fully saturated rings. The largest absolute Gasteiger partial charge is 0.467 e. The molecule has 7 nitrogen and oxygen atoms in total. The predicted molar refractivity (Wildman–Crippen MR) is 97.7 cm³/mol. The number of benzene rings is 1. The van der Waals surface area contributed by atoms with Crippen molar-refractivity contribution in [3.8, 4) is 5.69 Å². The highest BCUT2D eigenvalue weighted by Gasteiger charge is 2.34. The molecule has 1 amide bonds. The minimum Gasteiger partial charge on any atom is -0.467 e. The molecule has 0 spiro atoms. The third-order valence-corrected chi connectivity index (χ3v) is 4.17. The number of methoxy groups -OCH3 is 1. The fraction of sp³-hybridized carbons (Fsp3) is 0.368. The molecule has 156 valence electrons. The van der Waals surface area contributed by atoms with E-state index in [1.807, 2.05) is 0 Å². The van der Waals surface area contributed by atoms with E-state index in [0.717, 1.165) is 23.9 Å². The number of ether oxygens (including phenoxy) is 1. The van der Waals surface area contributed by atoms with Crippen LogP contribution in [0.1, 0.15) is 35.6 Å². The Labute approximate surface area is 164 Å². The van der Waals surface area contributed by atoms with E-state index in [4.69, 9.17) is 0 Å². The molecule has 1 aromatic heterocycles. The van der Waals surface area contributed by atoms with Gasteiger partial charge < -0.3 is 10.1 Å². The number of amides is 1. The maximum atomic E-state index is 13.4. The van der Waals surface area contributed by atoms with E-state index in [-0.39, 0.29) is 17.3 Å². The molecule has 0 saturated heterocycles. The number of nitrogens with one attached hydrogen (secondary N) is 1. The average Bonchev–Trinajstić information content (AvgIpc) is 2.64. The quantitative estimate of drug-likeness (QED) is 0.764. The second-order valence-electron chi connectivity index (χ2n) is 6.64. The van der Waals surface area contributed by atoms with Crippen molar-refractivity contribution >= 4 is 11.9 Å². The van der Waals surface area contributed by atoms with E-state index in [0.29, 0.717) is 0 Å². The molecule has 29 heavy (non-hydrogen) atoms. The van der Waals surface area contributed by atoms with Crippen LogP contribution in [0.2, 0.25) is 0 Å². The zero-order valence-corrected chi connectivity index (χ0v) is 16.2. The van der Waals surface area contributed by atoms with Gasteiger partial charge in [-0.25, -0.2) is 9.48 Å². The highest BCUT2D eigenvalue weighted by Crippen LogP contribution is 2.33. The Hall–Kier alpha value is -3.17. The van der Waals surface area contributed by atoms with Crippen molar-refractivity contribution in [2.45, 2.75) is 33.0 Å². The van der Waals surface area contributed by atoms with E-state index in [9.17, 15) is 27.6 Å². The lowest BCUT2D eigenvalue weighted by molar-refractivity contribution is -0.144.